The van der Waals surface area contributed by atoms with Gasteiger partial charge >= 0.3 is 5.97 Å². The molecule has 26 heavy (non-hydrogen) atoms. The molecule has 1 N–H and O–H groups in total. The van der Waals surface area contributed by atoms with Crippen LogP contribution in [0.4, 0.5) is 0 Å². The predicted molar refractivity (Wildman–Crippen MR) is 98.8 cm³/mol. The molecule has 6 nitrogen and oxygen atoms in total. The van der Waals surface area contributed by atoms with Crippen LogP contribution in [0.25, 0.3) is 5.69 Å². The first-order valence-corrected chi connectivity index (χ1v) is 9.15. The molecule has 0 spiro atoms. The summed E-state index contributed by atoms with van der Waals surface area (Å²) < 4.78 is 1.69. The Balaban J connectivity index is 1.73. The van der Waals surface area contributed by atoms with Crippen molar-refractivity contribution in [3.63, 3.8) is 0 Å². The van der Waals surface area contributed by atoms with E-state index in [4.69, 9.17) is 16.7 Å². The number of halogens is 1. The molecule has 2 heterocycles. The molecule has 7 heteroatoms. The van der Waals surface area contributed by atoms with Crippen molar-refractivity contribution in [2.45, 2.75) is 32.6 Å². The second-order valence-corrected chi connectivity index (χ2v) is 7.18. The van der Waals surface area contributed by atoms with Crippen molar-refractivity contribution in [3.8, 4) is 5.69 Å². The highest BCUT2D eigenvalue weighted by Crippen LogP contribution is 2.24. The number of piperidine rings is 1. The van der Waals surface area contributed by atoms with Gasteiger partial charge in [-0.2, -0.15) is 5.10 Å². The van der Waals surface area contributed by atoms with Gasteiger partial charge < -0.3 is 10.0 Å². The second kappa shape index (κ2) is 7.91. The zero-order valence-corrected chi connectivity index (χ0v) is 15.4. The number of carbonyl (C=O) groups excluding carboxylic acids is 1. The largest absolute Gasteiger partial charge is 0.481 e. The fourth-order valence-electron chi connectivity index (χ4n) is 3.38. The molecule has 1 aromatic carbocycles. The molecule has 0 saturated carbocycles. The molecule has 0 aliphatic carbocycles. The number of carboxylic acids is 1. The van der Waals surface area contributed by atoms with Gasteiger partial charge in [0.05, 0.1) is 16.9 Å². The summed E-state index contributed by atoms with van der Waals surface area (Å²) in [5, 5.41) is 14.0. The highest BCUT2D eigenvalue weighted by molar-refractivity contribution is 6.30. The molecule has 1 aliphatic rings. The molecule has 138 valence electrons. The Bertz CT molecular complexity index is 801. The fourth-order valence-corrected chi connectivity index (χ4v) is 3.51. The van der Waals surface area contributed by atoms with Gasteiger partial charge in [-0.1, -0.05) is 11.6 Å². The number of rotatable bonds is 5. The van der Waals surface area contributed by atoms with Crippen LogP contribution in [-0.4, -0.2) is 44.8 Å². The normalized spacial score (nSPS) is 17.3. The maximum atomic E-state index is 12.9. The Labute approximate surface area is 157 Å². The van der Waals surface area contributed by atoms with E-state index >= 15 is 0 Å². The topological polar surface area (TPSA) is 75.4 Å². The average Bonchev–Trinajstić information content (AvgIpc) is 3.02. The lowest BCUT2D eigenvalue weighted by atomic mass is 9.93. The van der Waals surface area contributed by atoms with E-state index in [1.165, 1.54) is 0 Å². The number of amides is 1. The fraction of sp³-hybridized carbons (Fsp3) is 0.421. The third-order valence-corrected chi connectivity index (χ3v) is 5.05. The Kier molecular flexibility index (Phi) is 5.61. The number of likely N-dealkylation sites (tertiary alicyclic amines) is 1. The van der Waals surface area contributed by atoms with E-state index in [1.807, 2.05) is 24.0 Å². The lowest BCUT2D eigenvalue weighted by Gasteiger charge is -2.32. The molecular formula is C19H22ClN3O3. The predicted octanol–water partition coefficient (Wildman–Crippen LogP) is 3.55. The highest BCUT2D eigenvalue weighted by Gasteiger charge is 2.27. The van der Waals surface area contributed by atoms with Gasteiger partial charge in [-0.05, 0) is 56.4 Å². The number of aryl methyl sites for hydroxylation is 1. The lowest BCUT2D eigenvalue weighted by molar-refractivity contribution is -0.137. The summed E-state index contributed by atoms with van der Waals surface area (Å²) in [6.45, 7) is 3.14. The summed E-state index contributed by atoms with van der Waals surface area (Å²) in [4.78, 5) is 25.5. The smallest absolute Gasteiger partial charge is 0.303 e. The van der Waals surface area contributed by atoms with Gasteiger partial charge in [-0.15, -0.1) is 0 Å². The number of nitrogens with zero attached hydrogens (tertiary/aromatic N) is 3. The van der Waals surface area contributed by atoms with E-state index in [9.17, 15) is 9.59 Å². The van der Waals surface area contributed by atoms with Crippen LogP contribution in [0.15, 0.2) is 30.5 Å². The van der Waals surface area contributed by atoms with Crippen LogP contribution in [0, 0.1) is 12.8 Å². The molecule has 1 fully saturated rings. The molecule has 1 saturated heterocycles. The lowest BCUT2D eigenvalue weighted by Crippen LogP contribution is -2.40. The second-order valence-electron chi connectivity index (χ2n) is 6.74. The van der Waals surface area contributed by atoms with E-state index in [0.717, 1.165) is 18.5 Å². The molecular weight excluding hydrogens is 354 g/mol. The number of carboxylic acid groups (broad SMARTS) is 1. The highest BCUT2D eigenvalue weighted by atomic mass is 35.5. The van der Waals surface area contributed by atoms with Crippen LogP contribution in [0.5, 0.6) is 0 Å². The first-order chi connectivity index (χ1) is 12.4. The van der Waals surface area contributed by atoms with Crippen molar-refractivity contribution in [1.82, 2.24) is 14.7 Å². The molecule has 0 radical (unpaired) electrons. The minimum Gasteiger partial charge on any atom is -0.481 e. The van der Waals surface area contributed by atoms with Gasteiger partial charge in [0.2, 0.25) is 0 Å². The summed E-state index contributed by atoms with van der Waals surface area (Å²) in [6.07, 6.45) is 4.39. The first kappa shape index (κ1) is 18.5. The summed E-state index contributed by atoms with van der Waals surface area (Å²) in [7, 11) is 0. The SMILES string of the molecule is Cc1nn(-c2ccc(Cl)cc2)cc1C(=O)N1CCCC(CCC(=O)O)C1. The number of hydrogen-bond acceptors (Lipinski definition) is 3. The monoisotopic (exact) mass is 375 g/mol. The van der Waals surface area contributed by atoms with Crippen molar-refractivity contribution in [2.24, 2.45) is 5.92 Å². The molecule has 1 aromatic heterocycles. The minimum absolute atomic E-state index is 0.0391. The third-order valence-electron chi connectivity index (χ3n) is 4.79. The summed E-state index contributed by atoms with van der Waals surface area (Å²) in [5.41, 5.74) is 2.10. The van der Waals surface area contributed by atoms with Gasteiger partial charge in [-0.25, -0.2) is 4.68 Å². The van der Waals surface area contributed by atoms with Crippen LogP contribution in [0.2, 0.25) is 5.02 Å². The molecule has 1 atom stereocenters. The molecule has 3 rings (SSSR count). The van der Waals surface area contributed by atoms with Crippen LogP contribution in [0.1, 0.15) is 41.7 Å². The number of benzene rings is 1. The van der Waals surface area contributed by atoms with Gasteiger partial charge in [0.25, 0.3) is 5.91 Å². The molecule has 2 aromatic rings. The molecule has 1 amide bonds. The van der Waals surface area contributed by atoms with Crippen LogP contribution in [0.3, 0.4) is 0 Å². The summed E-state index contributed by atoms with van der Waals surface area (Å²) >= 11 is 5.92. The Morgan fingerprint density at radius 1 is 1.31 bits per heavy atom. The van der Waals surface area contributed by atoms with Crippen molar-refractivity contribution in [3.05, 3.63) is 46.7 Å². The third kappa shape index (κ3) is 4.25. The minimum atomic E-state index is -0.784. The maximum Gasteiger partial charge on any atom is 0.303 e. The quantitative estimate of drug-likeness (QED) is 0.867. The van der Waals surface area contributed by atoms with E-state index in [1.54, 1.807) is 23.0 Å². The number of aromatic nitrogens is 2. The van der Waals surface area contributed by atoms with Crippen molar-refractivity contribution < 1.29 is 14.7 Å². The summed E-state index contributed by atoms with van der Waals surface area (Å²) in [6, 6.07) is 7.28. The zero-order valence-electron chi connectivity index (χ0n) is 14.7. The maximum absolute atomic E-state index is 12.9. The number of aliphatic carboxylic acids is 1. The van der Waals surface area contributed by atoms with E-state index < -0.39 is 5.97 Å². The Hall–Kier alpha value is -2.34. The van der Waals surface area contributed by atoms with Crippen molar-refractivity contribution in [2.75, 3.05) is 13.1 Å². The first-order valence-electron chi connectivity index (χ1n) is 8.77. The van der Waals surface area contributed by atoms with Crippen molar-refractivity contribution in [1.29, 1.82) is 0 Å². The van der Waals surface area contributed by atoms with E-state index in [2.05, 4.69) is 5.10 Å². The summed E-state index contributed by atoms with van der Waals surface area (Å²) in [5.74, 6) is -0.577. The number of carbonyl (C=O) groups is 2. The Morgan fingerprint density at radius 3 is 2.73 bits per heavy atom. The average molecular weight is 376 g/mol. The van der Waals surface area contributed by atoms with Crippen LogP contribution in [-0.2, 0) is 4.79 Å². The van der Waals surface area contributed by atoms with Crippen LogP contribution < -0.4 is 0 Å². The number of hydrogen-bond donors (Lipinski definition) is 1. The van der Waals surface area contributed by atoms with Gasteiger partial charge in [0.15, 0.2) is 0 Å². The van der Waals surface area contributed by atoms with Gasteiger partial charge in [-0.3, -0.25) is 9.59 Å². The van der Waals surface area contributed by atoms with Crippen LogP contribution >= 0.6 is 11.6 Å². The molecule has 1 unspecified atom stereocenters. The molecule has 1 aliphatic heterocycles. The van der Waals surface area contributed by atoms with Gasteiger partial charge in [0.1, 0.15) is 0 Å². The van der Waals surface area contributed by atoms with E-state index in [-0.39, 0.29) is 18.2 Å². The molecule has 0 bridgehead atoms. The van der Waals surface area contributed by atoms with Gasteiger partial charge in [0, 0.05) is 30.7 Å². The standard InChI is InChI=1S/C19H22ClN3O3/c1-13-17(12-23(21-13)16-7-5-15(20)6-8-16)19(26)22-10-2-3-14(11-22)4-9-18(24)25/h5-8,12,14H,2-4,9-11H2,1H3,(H,24,25). The van der Waals surface area contributed by atoms with E-state index in [0.29, 0.717) is 35.8 Å². The van der Waals surface area contributed by atoms with Crippen molar-refractivity contribution >= 4 is 23.5 Å². The zero-order chi connectivity index (χ0) is 18.7. The Morgan fingerprint density at radius 2 is 2.04 bits per heavy atom.